The number of rotatable bonds is 7. The van der Waals surface area contributed by atoms with Crippen molar-refractivity contribution in [2.75, 3.05) is 16.4 Å². The minimum absolute atomic E-state index is 0.255. The molecule has 2 aromatic heterocycles. The number of nitrogens with zero attached hydrogens (tertiary/aromatic N) is 3. The Bertz CT molecular complexity index is 1310. The van der Waals surface area contributed by atoms with Gasteiger partial charge >= 0.3 is 0 Å². The second kappa shape index (κ2) is 9.35. The van der Waals surface area contributed by atoms with Crippen LogP contribution in [0, 0.1) is 13.8 Å². The molecule has 1 amide bonds. The van der Waals surface area contributed by atoms with Crippen LogP contribution in [0.5, 0.6) is 0 Å². The van der Waals surface area contributed by atoms with Crippen LogP contribution in [0.3, 0.4) is 0 Å². The molecule has 4 aromatic rings. The van der Waals surface area contributed by atoms with Gasteiger partial charge in [-0.15, -0.1) is 0 Å². The number of benzene rings is 2. The van der Waals surface area contributed by atoms with Crippen molar-refractivity contribution in [3.05, 3.63) is 101 Å². The number of hydrogen-bond donors (Lipinski definition) is 3. The van der Waals surface area contributed by atoms with Crippen molar-refractivity contribution in [3.8, 4) is 0 Å². The molecule has 2 heterocycles. The number of aromatic nitrogens is 3. The van der Waals surface area contributed by atoms with Crippen LogP contribution in [-0.2, 0) is 6.42 Å². The van der Waals surface area contributed by atoms with Crippen LogP contribution in [0.4, 0.5) is 17.1 Å². The molecule has 0 radical (unpaired) electrons. The number of anilines is 3. The largest absolute Gasteiger partial charge is 0.399 e. The van der Waals surface area contributed by atoms with Gasteiger partial charge in [0.05, 0.1) is 29.8 Å². The van der Waals surface area contributed by atoms with Crippen LogP contribution in [0.2, 0.25) is 0 Å². The topological polar surface area (TPSA) is 119 Å². The van der Waals surface area contributed by atoms with Crippen LogP contribution in [0.15, 0.2) is 72.2 Å². The molecule has 8 nitrogen and oxygen atoms in total. The standard InChI is InChI=1S/C25H24N6O2/c1-15-7-8-20(30-16(2)23-14-29-33-17(23)3)11-22(15)25(32)31-21-12-27-24(28-13-21)10-18-5-4-6-19(26)9-18/h4-9,11-14,30H,2,10,26H2,1,3H3,(H,31,32). The number of nitrogens with two attached hydrogens (primary N) is 1. The van der Waals surface area contributed by atoms with E-state index in [4.69, 9.17) is 10.3 Å². The van der Waals surface area contributed by atoms with Crippen molar-refractivity contribution >= 4 is 28.7 Å². The molecule has 0 aliphatic rings. The summed E-state index contributed by atoms with van der Waals surface area (Å²) < 4.78 is 5.09. The SMILES string of the molecule is C=C(Nc1ccc(C)c(C(=O)Nc2cnc(Cc3cccc(N)c3)nc2)c1)c1cnoc1C. The average Bonchev–Trinajstić information content (AvgIpc) is 3.22. The molecule has 0 saturated heterocycles. The van der Waals surface area contributed by atoms with E-state index in [1.807, 2.05) is 50.2 Å². The zero-order chi connectivity index (χ0) is 23.4. The summed E-state index contributed by atoms with van der Waals surface area (Å²) in [4.78, 5) is 21.6. The smallest absolute Gasteiger partial charge is 0.256 e. The molecule has 8 heteroatoms. The Hall–Kier alpha value is -4.46. The number of aryl methyl sites for hydroxylation is 2. The lowest BCUT2D eigenvalue weighted by Crippen LogP contribution is -2.14. The highest BCUT2D eigenvalue weighted by atomic mass is 16.5. The lowest BCUT2D eigenvalue weighted by Gasteiger charge is -2.12. The Balaban J connectivity index is 1.44. The fraction of sp³-hybridized carbons (Fsp3) is 0.120. The Morgan fingerprint density at radius 3 is 2.48 bits per heavy atom. The fourth-order valence-electron chi connectivity index (χ4n) is 3.37. The first-order valence-electron chi connectivity index (χ1n) is 10.3. The van der Waals surface area contributed by atoms with Crippen molar-refractivity contribution in [2.24, 2.45) is 0 Å². The molecular formula is C25H24N6O2. The summed E-state index contributed by atoms with van der Waals surface area (Å²) in [5.74, 6) is 1.05. The zero-order valence-corrected chi connectivity index (χ0v) is 18.4. The first kappa shape index (κ1) is 21.8. The average molecular weight is 441 g/mol. The molecule has 4 N–H and O–H groups in total. The number of hydrogen-bond acceptors (Lipinski definition) is 7. The molecule has 0 aliphatic heterocycles. The zero-order valence-electron chi connectivity index (χ0n) is 18.4. The van der Waals surface area contributed by atoms with Crippen LogP contribution >= 0.6 is 0 Å². The van der Waals surface area contributed by atoms with Crippen LogP contribution in [0.1, 0.15) is 38.6 Å². The van der Waals surface area contributed by atoms with E-state index in [2.05, 4.69) is 32.3 Å². The van der Waals surface area contributed by atoms with Gasteiger partial charge in [0.1, 0.15) is 11.6 Å². The van der Waals surface area contributed by atoms with Gasteiger partial charge in [0.25, 0.3) is 5.91 Å². The van der Waals surface area contributed by atoms with E-state index in [1.165, 1.54) is 0 Å². The maximum atomic E-state index is 12.9. The van der Waals surface area contributed by atoms with Gasteiger partial charge in [-0.25, -0.2) is 9.97 Å². The molecule has 33 heavy (non-hydrogen) atoms. The highest BCUT2D eigenvalue weighted by Gasteiger charge is 2.13. The van der Waals surface area contributed by atoms with Crippen LogP contribution in [0.25, 0.3) is 5.70 Å². The van der Waals surface area contributed by atoms with Crippen LogP contribution in [-0.4, -0.2) is 21.0 Å². The summed E-state index contributed by atoms with van der Waals surface area (Å²) >= 11 is 0. The molecular weight excluding hydrogens is 416 g/mol. The van der Waals surface area contributed by atoms with Gasteiger partial charge in [0.15, 0.2) is 0 Å². The second-order valence-corrected chi connectivity index (χ2v) is 7.69. The van der Waals surface area contributed by atoms with Gasteiger partial charge in [-0.1, -0.05) is 29.9 Å². The summed E-state index contributed by atoms with van der Waals surface area (Å²) in [7, 11) is 0. The van der Waals surface area contributed by atoms with Crippen molar-refractivity contribution in [1.82, 2.24) is 15.1 Å². The lowest BCUT2D eigenvalue weighted by molar-refractivity contribution is 0.102. The lowest BCUT2D eigenvalue weighted by atomic mass is 10.1. The Kier molecular flexibility index (Phi) is 6.17. The van der Waals surface area contributed by atoms with Crippen LogP contribution < -0.4 is 16.4 Å². The van der Waals surface area contributed by atoms with Gasteiger partial charge in [-0.2, -0.15) is 0 Å². The Morgan fingerprint density at radius 2 is 1.79 bits per heavy atom. The normalized spacial score (nSPS) is 10.6. The number of amides is 1. The molecule has 0 spiro atoms. The number of nitrogens with one attached hydrogen (secondary N) is 2. The molecule has 166 valence electrons. The maximum absolute atomic E-state index is 12.9. The molecule has 0 unspecified atom stereocenters. The number of nitrogen functional groups attached to an aromatic ring is 1. The summed E-state index contributed by atoms with van der Waals surface area (Å²) in [6, 6.07) is 13.1. The number of carbonyl (C=O) groups excluding carboxylic acids is 1. The second-order valence-electron chi connectivity index (χ2n) is 7.69. The first-order valence-corrected chi connectivity index (χ1v) is 10.3. The molecule has 0 atom stereocenters. The third-order valence-corrected chi connectivity index (χ3v) is 5.13. The molecule has 0 aliphatic carbocycles. The number of carbonyl (C=O) groups is 1. The Labute approximate surface area is 191 Å². The minimum Gasteiger partial charge on any atom is -0.399 e. The van der Waals surface area contributed by atoms with Crippen molar-refractivity contribution in [2.45, 2.75) is 20.3 Å². The van der Waals surface area contributed by atoms with Gasteiger partial charge in [-0.3, -0.25) is 4.79 Å². The molecule has 4 rings (SSSR count). The molecule has 2 aromatic carbocycles. The van der Waals surface area contributed by atoms with E-state index in [0.29, 0.717) is 40.6 Å². The molecule has 0 bridgehead atoms. The predicted octanol–water partition coefficient (Wildman–Crippen LogP) is 4.59. The maximum Gasteiger partial charge on any atom is 0.256 e. The summed E-state index contributed by atoms with van der Waals surface area (Å²) in [6.07, 6.45) is 5.35. The van der Waals surface area contributed by atoms with E-state index < -0.39 is 0 Å². The predicted molar refractivity (Wildman–Crippen MR) is 129 cm³/mol. The quantitative estimate of drug-likeness (QED) is 0.360. The van der Waals surface area contributed by atoms with E-state index in [1.54, 1.807) is 24.7 Å². The first-order chi connectivity index (χ1) is 15.9. The van der Waals surface area contributed by atoms with E-state index in [-0.39, 0.29) is 5.91 Å². The third-order valence-electron chi connectivity index (χ3n) is 5.13. The van der Waals surface area contributed by atoms with Gasteiger partial charge in [0, 0.05) is 29.1 Å². The summed E-state index contributed by atoms with van der Waals surface area (Å²) in [5, 5.41) is 9.82. The summed E-state index contributed by atoms with van der Waals surface area (Å²) in [6.45, 7) is 7.71. The van der Waals surface area contributed by atoms with Crippen molar-refractivity contribution in [1.29, 1.82) is 0 Å². The van der Waals surface area contributed by atoms with Crippen molar-refractivity contribution < 1.29 is 9.32 Å². The van der Waals surface area contributed by atoms with Gasteiger partial charge in [0.2, 0.25) is 0 Å². The van der Waals surface area contributed by atoms with Crippen molar-refractivity contribution in [3.63, 3.8) is 0 Å². The third kappa shape index (κ3) is 5.24. The minimum atomic E-state index is -0.255. The monoisotopic (exact) mass is 440 g/mol. The van der Waals surface area contributed by atoms with E-state index in [9.17, 15) is 4.79 Å². The fourth-order valence-corrected chi connectivity index (χ4v) is 3.37. The van der Waals surface area contributed by atoms with Gasteiger partial charge in [-0.05, 0) is 49.2 Å². The Morgan fingerprint density at radius 1 is 1.00 bits per heavy atom. The van der Waals surface area contributed by atoms with E-state index >= 15 is 0 Å². The highest BCUT2D eigenvalue weighted by Crippen LogP contribution is 2.23. The van der Waals surface area contributed by atoms with E-state index in [0.717, 1.165) is 22.4 Å². The highest BCUT2D eigenvalue weighted by molar-refractivity contribution is 6.05. The van der Waals surface area contributed by atoms with Gasteiger partial charge < -0.3 is 20.9 Å². The summed E-state index contributed by atoms with van der Waals surface area (Å²) in [5.41, 5.74) is 11.6. The molecule has 0 saturated carbocycles. The molecule has 0 fully saturated rings.